The molecule has 4 aromatic rings. The number of para-hydroxylation sites is 1. The Hall–Kier alpha value is -3.86. The number of nitrogens with one attached hydrogen (secondary N) is 1. The van der Waals surface area contributed by atoms with Gasteiger partial charge in [0.2, 0.25) is 0 Å². The Morgan fingerprint density at radius 3 is 2.48 bits per heavy atom. The number of fused-ring (bicyclic) bond motifs is 1. The minimum Gasteiger partial charge on any atom is -0.382 e. The maximum Gasteiger partial charge on any atom is 0.268 e. The number of nitrogens with two attached hydrogens (primary N) is 1. The third-order valence-corrected chi connectivity index (χ3v) is 5.19. The van der Waals surface area contributed by atoms with Crippen molar-refractivity contribution in [1.82, 2.24) is 25.0 Å². The second-order valence-corrected chi connectivity index (χ2v) is 7.02. The number of rotatable bonds is 3. The molecule has 0 radical (unpaired) electrons. The fourth-order valence-electron chi connectivity index (χ4n) is 3.65. The highest BCUT2D eigenvalue weighted by Gasteiger charge is 2.21. The molecule has 3 aromatic heterocycles. The van der Waals surface area contributed by atoms with E-state index in [1.165, 1.54) is 12.3 Å². The van der Waals surface area contributed by atoms with Crippen molar-refractivity contribution in [1.29, 1.82) is 0 Å². The van der Waals surface area contributed by atoms with Gasteiger partial charge in [0.05, 0.1) is 24.4 Å². The predicted molar refractivity (Wildman–Crippen MR) is 110 cm³/mol. The zero-order chi connectivity index (χ0) is 21.5. The fourth-order valence-corrected chi connectivity index (χ4v) is 3.65. The third-order valence-electron chi connectivity index (χ3n) is 5.19. The standard InChI is InChI=1S/C20H17F2N7O2/c21-12-2-1-3-13(22)18(12)29-10-11(17-16(20(29)30)19(23)27-26-17)14-4-5-15(25-24-14)28-6-8-31-9-7-28/h1-5,10H,6-9H2,(H3,23,26,27). The molecule has 0 spiro atoms. The van der Waals surface area contributed by atoms with Gasteiger partial charge in [-0.1, -0.05) is 6.07 Å². The van der Waals surface area contributed by atoms with Crippen LogP contribution in [0, 0.1) is 11.6 Å². The molecule has 0 atom stereocenters. The van der Waals surface area contributed by atoms with E-state index in [-0.39, 0.29) is 11.2 Å². The lowest BCUT2D eigenvalue weighted by atomic mass is 10.1. The van der Waals surface area contributed by atoms with Crippen molar-refractivity contribution < 1.29 is 13.5 Å². The molecule has 1 aromatic carbocycles. The van der Waals surface area contributed by atoms with Gasteiger partial charge < -0.3 is 15.4 Å². The topological polar surface area (TPSA) is 115 Å². The molecule has 5 rings (SSSR count). The highest BCUT2D eigenvalue weighted by atomic mass is 19.1. The smallest absolute Gasteiger partial charge is 0.268 e. The summed E-state index contributed by atoms with van der Waals surface area (Å²) in [5.74, 6) is -1.17. The first-order valence-electron chi connectivity index (χ1n) is 9.55. The first-order chi connectivity index (χ1) is 15.0. The van der Waals surface area contributed by atoms with Crippen LogP contribution >= 0.6 is 0 Å². The lowest BCUT2D eigenvalue weighted by molar-refractivity contribution is 0.122. The Bertz CT molecular complexity index is 1310. The van der Waals surface area contributed by atoms with Gasteiger partial charge in [0.1, 0.15) is 22.7 Å². The summed E-state index contributed by atoms with van der Waals surface area (Å²) in [6, 6.07) is 6.88. The number of nitrogen functional groups attached to an aromatic ring is 1. The molecule has 3 N–H and O–H groups in total. The Morgan fingerprint density at radius 1 is 1.06 bits per heavy atom. The van der Waals surface area contributed by atoms with Gasteiger partial charge in [-0.05, 0) is 24.3 Å². The summed E-state index contributed by atoms with van der Waals surface area (Å²) < 4.78 is 35.1. The molecule has 1 fully saturated rings. The van der Waals surface area contributed by atoms with Crippen LogP contribution in [0.25, 0.3) is 27.8 Å². The number of halogens is 2. The molecule has 4 heterocycles. The van der Waals surface area contributed by atoms with Crippen LogP contribution < -0.4 is 16.2 Å². The molecular formula is C20H17F2N7O2. The number of hydrogen-bond acceptors (Lipinski definition) is 7. The van der Waals surface area contributed by atoms with Crippen LogP contribution in [-0.2, 0) is 4.74 Å². The summed E-state index contributed by atoms with van der Waals surface area (Å²) in [7, 11) is 0. The molecule has 0 aliphatic carbocycles. The Labute approximate surface area is 174 Å². The average molecular weight is 425 g/mol. The van der Waals surface area contributed by atoms with E-state index in [0.717, 1.165) is 16.7 Å². The van der Waals surface area contributed by atoms with Crippen LogP contribution in [0.4, 0.5) is 20.4 Å². The zero-order valence-electron chi connectivity index (χ0n) is 16.2. The molecule has 9 nitrogen and oxygen atoms in total. The molecule has 0 amide bonds. The number of anilines is 2. The Balaban J connectivity index is 1.69. The molecule has 11 heteroatoms. The van der Waals surface area contributed by atoms with Gasteiger partial charge in [0.25, 0.3) is 5.56 Å². The van der Waals surface area contributed by atoms with Gasteiger partial charge in [-0.25, -0.2) is 8.78 Å². The van der Waals surface area contributed by atoms with Gasteiger partial charge in [0, 0.05) is 24.8 Å². The van der Waals surface area contributed by atoms with Crippen molar-refractivity contribution in [2.24, 2.45) is 0 Å². The van der Waals surface area contributed by atoms with E-state index in [1.54, 1.807) is 12.1 Å². The van der Waals surface area contributed by atoms with Crippen molar-refractivity contribution in [2.45, 2.75) is 0 Å². The predicted octanol–water partition coefficient (Wildman–Crippen LogP) is 1.87. The van der Waals surface area contributed by atoms with Gasteiger partial charge in [0.15, 0.2) is 11.6 Å². The van der Waals surface area contributed by atoms with Crippen LogP contribution in [0.1, 0.15) is 0 Å². The second kappa shape index (κ2) is 7.43. The summed E-state index contributed by atoms with van der Waals surface area (Å²) >= 11 is 0. The molecule has 0 bridgehead atoms. The summed E-state index contributed by atoms with van der Waals surface area (Å²) in [6.45, 7) is 2.62. The van der Waals surface area contributed by atoms with E-state index in [9.17, 15) is 13.6 Å². The van der Waals surface area contributed by atoms with Crippen molar-refractivity contribution >= 4 is 22.5 Å². The molecule has 1 aliphatic rings. The number of H-pyrrole nitrogens is 1. The maximum absolute atomic E-state index is 14.4. The van der Waals surface area contributed by atoms with Crippen molar-refractivity contribution in [3.8, 4) is 16.9 Å². The molecular weight excluding hydrogens is 408 g/mol. The van der Waals surface area contributed by atoms with Crippen LogP contribution in [-0.4, -0.2) is 51.3 Å². The summed E-state index contributed by atoms with van der Waals surface area (Å²) in [4.78, 5) is 15.0. The molecule has 31 heavy (non-hydrogen) atoms. The number of aromatic nitrogens is 5. The third kappa shape index (κ3) is 3.19. The maximum atomic E-state index is 14.4. The zero-order valence-corrected chi connectivity index (χ0v) is 16.2. The van der Waals surface area contributed by atoms with Gasteiger partial charge in [-0.15, -0.1) is 10.2 Å². The average Bonchev–Trinajstić information content (AvgIpc) is 3.18. The normalized spacial score (nSPS) is 14.3. The number of nitrogens with zero attached hydrogens (tertiary/aromatic N) is 5. The Morgan fingerprint density at radius 2 is 1.81 bits per heavy atom. The largest absolute Gasteiger partial charge is 0.382 e. The van der Waals surface area contributed by atoms with E-state index < -0.39 is 22.9 Å². The van der Waals surface area contributed by atoms with Crippen molar-refractivity contribution in [3.05, 3.63) is 58.5 Å². The second-order valence-electron chi connectivity index (χ2n) is 7.02. The molecule has 0 saturated carbocycles. The van der Waals surface area contributed by atoms with Crippen LogP contribution in [0.5, 0.6) is 0 Å². The highest BCUT2D eigenvalue weighted by Crippen LogP contribution is 2.28. The van der Waals surface area contributed by atoms with E-state index in [1.807, 2.05) is 4.90 Å². The molecule has 0 unspecified atom stereocenters. The number of aromatic amines is 1. The monoisotopic (exact) mass is 425 g/mol. The van der Waals surface area contributed by atoms with Crippen LogP contribution in [0.2, 0.25) is 0 Å². The molecule has 1 aliphatic heterocycles. The number of hydrogen-bond donors (Lipinski definition) is 2. The SMILES string of the molecule is Nc1n[nH]c2c(-c3ccc(N4CCOCC4)nn3)cn(-c3c(F)cccc3F)c(=O)c12. The fraction of sp³-hybridized carbons (Fsp3) is 0.200. The van der Waals surface area contributed by atoms with E-state index >= 15 is 0 Å². The van der Waals surface area contributed by atoms with Gasteiger partial charge in [-0.3, -0.25) is 14.5 Å². The number of morpholine rings is 1. The number of ether oxygens (including phenoxy) is 1. The van der Waals surface area contributed by atoms with Crippen molar-refractivity contribution in [2.75, 3.05) is 36.9 Å². The minimum absolute atomic E-state index is 0.0132. The first-order valence-corrected chi connectivity index (χ1v) is 9.55. The molecule has 1 saturated heterocycles. The summed E-state index contributed by atoms with van der Waals surface area (Å²) in [6.07, 6.45) is 1.31. The van der Waals surface area contributed by atoms with E-state index in [2.05, 4.69) is 20.4 Å². The summed E-state index contributed by atoms with van der Waals surface area (Å²) in [5.41, 5.74) is 5.74. The van der Waals surface area contributed by atoms with Gasteiger partial charge in [-0.2, -0.15) is 5.10 Å². The number of pyridine rings is 1. The lowest BCUT2D eigenvalue weighted by Crippen LogP contribution is -2.36. The summed E-state index contributed by atoms with van der Waals surface area (Å²) in [5, 5.41) is 15.2. The van der Waals surface area contributed by atoms with Crippen molar-refractivity contribution in [3.63, 3.8) is 0 Å². The quantitative estimate of drug-likeness (QED) is 0.515. The first kappa shape index (κ1) is 19.1. The minimum atomic E-state index is -0.886. The van der Waals surface area contributed by atoms with E-state index in [4.69, 9.17) is 10.5 Å². The Kier molecular flexibility index (Phi) is 4.59. The van der Waals surface area contributed by atoms with Crippen LogP contribution in [0.15, 0.2) is 41.3 Å². The number of benzene rings is 1. The van der Waals surface area contributed by atoms with Gasteiger partial charge >= 0.3 is 0 Å². The van der Waals surface area contributed by atoms with Crippen LogP contribution in [0.3, 0.4) is 0 Å². The lowest BCUT2D eigenvalue weighted by Gasteiger charge is -2.27. The highest BCUT2D eigenvalue weighted by molar-refractivity contribution is 5.97. The molecule has 158 valence electrons. The van der Waals surface area contributed by atoms with E-state index in [0.29, 0.717) is 48.9 Å².